The first kappa shape index (κ1) is 17.0. The number of hydrogen-bond donors (Lipinski definition) is 2. The molecule has 0 radical (unpaired) electrons. The van der Waals surface area contributed by atoms with Gasteiger partial charge >= 0.3 is 0 Å². The van der Waals surface area contributed by atoms with Gasteiger partial charge in [0.1, 0.15) is 0 Å². The molecule has 0 aromatic heterocycles. The summed E-state index contributed by atoms with van der Waals surface area (Å²) >= 11 is 0. The van der Waals surface area contributed by atoms with E-state index in [2.05, 4.69) is 4.72 Å². The molecular weight excluding hydrogens is 364 g/mol. The van der Waals surface area contributed by atoms with Crippen LogP contribution in [0.5, 0.6) is 0 Å². The Kier molecular flexibility index (Phi) is 3.82. The van der Waals surface area contributed by atoms with Crippen molar-refractivity contribution in [1.82, 2.24) is 0 Å². The number of anilines is 2. The van der Waals surface area contributed by atoms with Gasteiger partial charge < -0.3 is 5.73 Å². The number of ketones is 2. The van der Waals surface area contributed by atoms with Crippen molar-refractivity contribution in [1.29, 1.82) is 0 Å². The minimum atomic E-state index is -3.95. The first-order valence-electron chi connectivity index (χ1n) is 8.08. The molecule has 7 heteroatoms. The SMILES string of the molecule is Nc1ccc(S(=O)(=O)Nc2cccc3c2C(=O)c2ccccc2C3=O)cc1. The monoisotopic (exact) mass is 378 g/mol. The summed E-state index contributed by atoms with van der Waals surface area (Å²) in [5, 5.41) is 0. The second-order valence-electron chi connectivity index (χ2n) is 6.11. The highest BCUT2D eigenvalue weighted by molar-refractivity contribution is 7.92. The maximum absolute atomic E-state index is 12.9. The molecule has 134 valence electrons. The Morgan fingerprint density at radius 3 is 1.96 bits per heavy atom. The number of nitrogens with one attached hydrogen (secondary N) is 1. The van der Waals surface area contributed by atoms with Crippen molar-refractivity contribution in [2.45, 2.75) is 4.90 Å². The number of carbonyl (C=O) groups is 2. The number of sulfonamides is 1. The molecule has 1 aliphatic carbocycles. The number of nitrogen functional groups attached to an aromatic ring is 1. The van der Waals surface area contributed by atoms with E-state index in [1.807, 2.05) is 0 Å². The van der Waals surface area contributed by atoms with E-state index in [-0.39, 0.29) is 33.1 Å². The second kappa shape index (κ2) is 6.07. The van der Waals surface area contributed by atoms with Gasteiger partial charge in [-0.05, 0) is 30.3 Å². The highest BCUT2D eigenvalue weighted by atomic mass is 32.2. The van der Waals surface area contributed by atoms with Crippen LogP contribution in [0.25, 0.3) is 0 Å². The number of benzene rings is 3. The van der Waals surface area contributed by atoms with Crippen LogP contribution in [0.4, 0.5) is 11.4 Å². The molecule has 0 heterocycles. The molecule has 0 saturated carbocycles. The molecule has 0 spiro atoms. The van der Waals surface area contributed by atoms with Gasteiger partial charge in [-0.15, -0.1) is 0 Å². The van der Waals surface area contributed by atoms with E-state index < -0.39 is 15.8 Å². The first-order valence-corrected chi connectivity index (χ1v) is 9.56. The Morgan fingerprint density at radius 2 is 1.30 bits per heavy atom. The molecule has 3 aromatic carbocycles. The summed E-state index contributed by atoms with van der Waals surface area (Å²) in [5.41, 5.74) is 6.90. The molecule has 0 aliphatic heterocycles. The van der Waals surface area contributed by atoms with E-state index in [0.29, 0.717) is 11.3 Å². The Labute approximate surface area is 155 Å². The Morgan fingerprint density at radius 1 is 0.704 bits per heavy atom. The van der Waals surface area contributed by atoms with E-state index in [0.717, 1.165) is 0 Å². The number of fused-ring (bicyclic) bond motifs is 2. The summed E-state index contributed by atoms with van der Waals surface area (Å²) in [4.78, 5) is 25.7. The molecule has 0 saturated heterocycles. The molecule has 3 aromatic rings. The third-order valence-corrected chi connectivity index (χ3v) is 5.77. The standard InChI is InChI=1S/C20H14N2O4S/c21-12-8-10-13(11-9-12)27(25,26)22-17-7-3-6-16-18(17)20(24)15-5-2-1-4-14(15)19(16)23/h1-11,22H,21H2. The molecular formula is C20H14N2O4S. The summed E-state index contributed by atoms with van der Waals surface area (Å²) in [6.07, 6.45) is 0. The second-order valence-corrected chi connectivity index (χ2v) is 7.79. The summed E-state index contributed by atoms with van der Waals surface area (Å²) < 4.78 is 27.8. The fourth-order valence-electron chi connectivity index (χ4n) is 3.08. The summed E-state index contributed by atoms with van der Waals surface area (Å²) in [5.74, 6) is -0.704. The molecule has 1 aliphatic rings. The van der Waals surface area contributed by atoms with Gasteiger partial charge in [0.15, 0.2) is 11.6 Å². The van der Waals surface area contributed by atoms with Crippen LogP contribution in [0.15, 0.2) is 71.6 Å². The van der Waals surface area contributed by atoms with E-state index in [4.69, 9.17) is 5.73 Å². The van der Waals surface area contributed by atoms with Crippen molar-refractivity contribution in [3.63, 3.8) is 0 Å². The summed E-state index contributed by atoms with van der Waals surface area (Å²) in [6.45, 7) is 0. The smallest absolute Gasteiger partial charge is 0.261 e. The topological polar surface area (TPSA) is 106 Å². The van der Waals surface area contributed by atoms with Crippen molar-refractivity contribution in [2.75, 3.05) is 10.5 Å². The van der Waals surface area contributed by atoms with Crippen molar-refractivity contribution in [3.05, 3.63) is 89.0 Å². The molecule has 0 fully saturated rings. The Bertz CT molecular complexity index is 1200. The zero-order valence-corrected chi connectivity index (χ0v) is 14.8. The average molecular weight is 378 g/mol. The average Bonchev–Trinajstić information content (AvgIpc) is 2.66. The molecule has 4 rings (SSSR count). The highest BCUT2D eigenvalue weighted by Crippen LogP contribution is 2.33. The lowest BCUT2D eigenvalue weighted by molar-refractivity contribution is 0.0979. The van der Waals surface area contributed by atoms with E-state index in [9.17, 15) is 18.0 Å². The van der Waals surface area contributed by atoms with Gasteiger partial charge in [-0.2, -0.15) is 0 Å². The third-order valence-electron chi connectivity index (χ3n) is 4.39. The van der Waals surface area contributed by atoms with Crippen LogP contribution in [0.3, 0.4) is 0 Å². The van der Waals surface area contributed by atoms with E-state index in [1.165, 1.54) is 36.4 Å². The molecule has 6 nitrogen and oxygen atoms in total. The molecule has 3 N–H and O–H groups in total. The van der Waals surface area contributed by atoms with Crippen LogP contribution in [0.2, 0.25) is 0 Å². The minimum absolute atomic E-state index is 0.00397. The lowest BCUT2D eigenvalue weighted by Crippen LogP contribution is -2.24. The van der Waals surface area contributed by atoms with Crippen molar-refractivity contribution >= 4 is 33.0 Å². The Hall–Kier alpha value is -3.45. The van der Waals surface area contributed by atoms with Gasteiger partial charge in [0.2, 0.25) is 0 Å². The molecule has 0 atom stereocenters. The predicted octanol–water partition coefficient (Wildman–Crippen LogP) is 2.85. The van der Waals surface area contributed by atoms with Crippen molar-refractivity contribution in [2.24, 2.45) is 0 Å². The lowest BCUT2D eigenvalue weighted by Gasteiger charge is -2.20. The van der Waals surface area contributed by atoms with Gasteiger partial charge in [-0.25, -0.2) is 8.42 Å². The lowest BCUT2D eigenvalue weighted by atomic mass is 9.83. The molecule has 0 bridgehead atoms. The van der Waals surface area contributed by atoms with Crippen molar-refractivity contribution in [3.8, 4) is 0 Å². The van der Waals surface area contributed by atoms with Crippen LogP contribution in [0.1, 0.15) is 31.8 Å². The van der Waals surface area contributed by atoms with Crippen LogP contribution in [0, 0.1) is 0 Å². The molecule has 0 unspecified atom stereocenters. The zero-order valence-electron chi connectivity index (χ0n) is 14.0. The first-order chi connectivity index (χ1) is 12.9. The quantitative estimate of drug-likeness (QED) is 0.533. The van der Waals surface area contributed by atoms with Crippen molar-refractivity contribution < 1.29 is 18.0 Å². The predicted molar refractivity (Wildman–Crippen MR) is 101 cm³/mol. The largest absolute Gasteiger partial charge is 0.399 e. The van der Waals surface area contributed by atoms with Crippen LogP contribution in [-0.4, -0.2) is 20.0 Å². The van der Waals surface area contributed by atoms with Gasteiger partial charge in [0.25, 0.3) is 10.0 Å². The maximum atomic E-state index is 12.9. The fraction of sp³-hybridized carbons (Fsp3) is 0. The van der Waals surface area contributed by atoms with Crippen LogP contribution >= 0.6 is 0 Å². The number of hydrogen-bond acceptors (Lipinski definition) is 5. The van der Waals surface area contributed by atoms with Gasteiger partial charge in [0.05, 0.1) is 16.1 Å². The fourth-order valence-corrected chi connectivity index (χ4v) is 4.15. The van der Waals surface area contributed by atoms with Gasteiger partial charge in [0, 0.05) is 22.4 Å². The number of nitrogens with two attached hydrogens (primary N) is 1. The van der Waals surface area contributed by atoms with Crippen LogP contribution in [-0.2, 0) is 10.0 Å². The minimum Gasteiger partial charge on any atom is -0.399 e. The summed E-state index contributed by atoms with van der Waals surface area (Å²) in [7, 11) is -3.95. The zero-order chi connectivity index (χ0) is 19.2. The third kappa shape index (κ3) is 2.78. The Balaban J connectivity index is 1.82. The van der Waals surface area contributed by atoms with Crippen LogP contribution < -0.4 is 10.5 Å². The van der Waals surface area contributed by atoms with Gasteiger partial charge in [-0.3, -0.25) is 14.3 Å². The number of carbonyl (C=O) groups excluding carboxylic acids is 2. The normalized spacial score (nSPS) is 13.0. The number of rotatable bonds is 3. The molecule has 0 amide bonds. The van der Waals surface area contributed by atoms with E-state index >= 15 is 0 Å². The van der Waals surface area contributed by atoms with Gasteiger partial charge in [-0.1, -0.05) is 36.4 Å². The van der Waals surface area contributed by atoms with E-state index in [1.54, 1.807) is 30.3 Å². The molecule has 27 heavy (non-hydrogen) atoms. The maximum Gasteiger partial charge on any atom is 0.261 e. The highest BCUT2D eigenvalue weighted by Gasteiger charge is 2.32. The summed E-state index contributed by atoms with van der Waals surface area (Å²) in [6, 6.07) is 16.7.